The van der Waals surface area contributed by atoms with Crippen molar-refractivity contribution in [3.63, 3.8) is 0 Å². The van der Waals surface area contributed by atoms with Crippen molar-refractivity contribution in [2.75, 3.05) is 6.54 Å². The van der Waals surface area contributed by atoms with Crippen LogP contribution in [0.2, 0.25) is 0 Å². The summed E-state index contributed by atoms with van der Waals surface area (Å²) in [6.45, 7) is 10.9. The molecule has 3 fully saturated rings. The van der Waals surface area contributed by atoms with Crippen LogP contribution in [0.3, 0.4) is 0 Å². The van der Waals surface area contributed by atoms with Crippen molar-refractivity contribution in [3.8, 4) is 0 Å². The van der Waals surface area contributed by atoms with Crippen LogP contribution in [0.25, 0.3) is 0 Å². The van der Waals surface area contributed by atoms with Crippen molar-refractivity contribution in [3.05, 3.63) is 0 Å². The van der Waals surface area contributed by atoms with E-state index in [1.165, 1.54) is 25.8 Å². The van der Waals surface area contributed by atoms with E-state index in [4.69, 9.17) is 0 Å². The van der Waals surface area contributed by atoms with Crippen molar-refractivity contribution in [2.24, 2.45) is 23.2 Å². The number of nitrogens with one attached hydrogen (secondary N) is 1. The second-order valence-electron chi connectivity index (χ2n) is 6.02. The maximum absolute atomic E-state index is 3.72. The smallest absolute Gasteiger partial charge is 0.00983 e. The minimum absolute atomic E-state index is 0.643. The molecule has 3 aliphatic rings. The van der Waals surface area contributed by atoms with Crippen molar-refractivity contribution in [1.29, 1.82) is 0 Å². The van der Waals surface area contributed by atoms with Crippen LogP contribution in [0.1, 0.15) is 47.0 Å². The van der Waals surface area contributed by atoms with E-state index in [1.807, 2.05) is 0 Å². The third-order valence-corrected chi connectivity index (χ3v) is 5.01. The first-order valence-corrected chi connectivity index (χ1v) is 6.30. The monoisotopic (exact) mass is 195 g/mol. The molecule has 0 aromatic heterocycles. The quantitative estimate of drug-likeness (QED) is 0.730. The predicted octanol–water partition coefficient (Wildman–Crippen LogP) is 3.06. The van der Waals surface area contributed by atoms with Crippen LogP contribution in [0.15, 0.2) is 0 Å². The van der Waals surface area contributed by atoms with Gasteiger partial charge in [0.25, 0.3) is 0 Å². The van der Waals surface area contributed by atoms with Crippen LogP contribution in [0, 0.1) is 23.2 Å². The van der Waals surface area contributed by atoms with Crippen LogP contribution in [-0.4, -0.2) is 12.6 Å². The van der Waals surface area contributed by atoms with E-state index in [2.05, 4.69) is 33.0 Å². The first-order valence-electron chi connectivity index (χ1n) is 6.30. The van der Waals surface area contributed by atoms with Gasteiger partial charge in [-0.2, -0.15) is 0 Å². The van der Waals surface area contributed by atoms with Gasteiger partial charge in [0.05, 0.1) is 0 Å². The van der Waals surface area contributed by atoms with Crippen LogP contribution < -0.4 is 5.32 Å². The molecule has 0 heterocycles. The summed E-state index contributed by atoms with van der Waals surface area (Å²) < 4.78 is 0. The van der Waals surface area contributed by atoms with Gasteiger partial charge in [0, 0.05) is 6.04 Å². The van der Waals surface area contributed by atoms with Crippen molar-refractivity contribution < 1.29 is 0 Å². The lowest BCUT2D eigenvalue weighted by Gasteiger charge is -2.62. The van der Waals surface area contributed by atoms with Gasteiger partial charge in [-0.15, -0.1) is 0 Å². The maximum Gasteiger partial charge on any atom is 0.00983 e. The van der Waals surface area contributed by atoms with E-state index in [-0.39, 0.29) is 0 Å². The lowest BCUT2D eigenvalue weighted by molar-refractivity contribution is -0.114. The summed E-state index contributed by atoms with van der Waals surface area (Å²) >= 11 is 0. The summed E-state index contributed by atoms with van der Waals surface area (Å²) in [5.41, 5.74) is 0.643. The molecule has 0 spiro atoms. The van der Waals surface area contributed by atoms with E-state index in [0.29, 0.717) is 5.41 Å². The fraction of sp³-hybridized carbons (Fsp3) is 1.00. The summed E-state index contributed by atoms with van der Waals surface area (Å²) in [4.78, 5) is 0. The Kier molecular flexibility index (Phi) is 2.63. The zero-order valence-electron chi connectivity index (χ0n) is 10.1. The molecule has 3 saturated carbocycles. The molecule has 82 valence electrons. The first kappa shape index (κ1) is 10.5. The number of fused-ring (bicyclic) bond motifs is 2. The minimum Gasteiger partial charge on any atom is -0.314 e. The van der Waals surface area contributed by atoms with Gasteiger partial charge in [0.1, 0.15) is 0 Å². The van der Waals surface area contributed by atoms with Gasteiger partial charge in [0.2, 0.25) is 0 Å². The number of rotatable bonds is 3. The zero-order chi connectivity index (χ0) is 10.3. The van der Waals surface area contributed by atoms with Crippen LogP contribution >= 0.6 is 0 Å². The normalized spacial score (nSPS) is 44.6. The van der Waals surface area contributed by atoms with E-state index in [1.54, 1.807) is 0 Å². The topological polar surface area (TPSA) is 12.0 Å². The molecule has 1 N–H and O–H groups in total. The van der Waals surface area contributed by atoms with Gasteiger partial charge in [0.15, 0.2) is 0 Å². The third-order valence-electron chi connectivity index (χ3n) is 5.01. The Balaban J connectivity index is 1.94. The molecule has 0 radical (unpaired) electrons. The Hall–Kier alpha value is -0.0400. The number of hydrogen-bond acceptors (Lipinski definition) is 1. The van der Waals surface area contributed by atoms with Gasteiger partial charge in [-0.1, -0.05) is 27.7 Å². The van der Waals surface area contributed by atoms with Gasteiger partial charge >= 0.3 is 0 Å². The Labute approximate surface area is 88.7 Å². The van der Waals surface area contributed by atoms with Crippen LogP contribution in [0.5, 0.6) is 0 Å². The zero-order valence-corrected chi connectivity index (χ0v) is 10.1. The highest BCUT2D eigenvalue weighted by molar-refractivity contribution is 5.06. The Morgan fingerprint density at radius 3 is 2.50 bits per heavy atom. The molecule has 0 aromatic rings. The van der Waals surface area contributed by atoms with Gasteiger partial charge in [-0.3, -0.25) is 0 Å². The molecule has 0 amide bonds. The highest BCUT2D eigenvalue weighted by Crippen LogP contribution is 2.61. The van der Waals surface area contributed by atoms with Crippen molar-refractivity contribution >= 4 is 0 Å². The molecule has 0 saturated heterocycles. The van der Waals surface area contributed by atoms with Gasteiger partial charge < -0.3 is 5.32 Å². The second-order valence-corrected chi connectivity index (χ2v) is 6.02. The molecule has 3 rings (SSSR count). The second kappa shape index (κ2) is 3.52. The predicted molar refractivity (Wildman–Crippen MR) is 61.2 cm³/mol. The molecule has 2 bridgehead atoms. The molecule has 4 unspecified atom stereocenters. The van der Waals surface area contributed by atoms with Crippen molar-refractivity contribution in [1.82, 2.24) is 5.32 Å². The lowest BCUT2D eigenvalue weighted by Crippen LogP contribution is -2.60. The Bertz CT molecular complexity index is 209. The highest BCUT2D eigenvalue weighted by atomic mass is 14.9. The molecule has 0 aromatic carbocycles. The lowest BCUT2D eigenvalue weighted by atomic mass is 9.45. The molecule has 1 heteroatoms. The first-order chi connectivity index (χ1) is 6.57. The fourth-order valence-electron chi connectivity index (χ4n) is 3.75. The summed E-state index contributed by atoms with van der Waals surface area (Å²) in [5, 5.41) is 3.72. The standard InChI is InChI=1S/C13H25N/c1-5-6-14-12-8-10-7-11(9(12)2)13(10,3)4/h9-12,14H,5-8H2,1-4H3. The summed E-state index contributed by atoms with van der Waals surface area (Å²) in [5.74, 6) is 2.87. The van der Waals surface area contributed by atoms with E-state index in [9.17, 15) is 0 Å². The summed E-state index contributed by atoms with van der Waals surface area (Å²) in [7, 11) is 0. The Morgan fingerprint density at radius 2 is 2.00 bits per heavy atom. The van der Waals surface area contributed by atoms with E-state index < -0.39 is 0 Å². The SMILES string of the molecule is CCCNC1CC2CC(C1C)C2(C)C. The Morgan fingerprint density at radius 1 is 1.29 bits per heavy atom. The number of hydrogen-bond donors (Lipinski definition) is 1. The average molecular weight is 195 g/mol. The van der Waals surface area contributed by atoms with E-state index >= 15 is 0 Å². The molecule has 1 nitrogen and oxygen atoms in total. The largest absolute Gasteiger partial charge is 0.314 e. The highest BCUT2D eigenvalue weighted by Gasteiger charge is 2.55. The molecular weight excluding hydrogens is 170 g/mol. The van der Waals surface area contributed by atoms with Gasteiger partial charge in [-0.05, 0) is 49.0 Å². The van der Waals surface area contributed by atoms with E-state index in [0.717, 1.165) is 23.8 Å². The summed E-state index contributed by atoms with van der Waals surface area (Å²) in [6, 6.07) is 0.812. The van der Waals surface area contributed by atoms with Gasteiger partial charge in [-0.25, -0.2) is 0 Å². The van der Waals surface area contributed by atoms with Crippen LogP contribution in [-0.2, 0) is 0 Å². The molecular formula is C13H25N. The van der Waals surface area contributed by atoms with Crippen LogP contribution in [0.4, 0.5) is 0 Å². The molecule has 0 aliphatic heterocycles. The summed E-state index contributed by atoms with van der Waals surface area (Å²) in [6.07, 6.45) is 4.19. The average Bonchev–Trinajstić information content (AvgIpc) is 2.15. The third kappa shape index (κ3) is 1.41. The maximum atomic E-state index is 3.72. The van der Waals surface area contributed by atoms with Crippen molar-refractivity contribution in [2.45, 2.75) is 53.0 Å². The minimum atomic E-state index is 0.643. The molecule has 14 heavy (non-hydrogen) atoms. The fourth-order valence-corrected chi connectivity index (χ4v) is 3.75. The molecule has 4 atom stereocenters. The molecule has 3 aliphatic carbocycles.